The summed E-state index contributed by atoms with van der Waals surface area (Å²) in [6.45, 7) is 4.26. The lowest BCUT2D eigenvalue weighted by molar-refractivity contribution is -0.385. The molecule has 0 N–H and O–H groups in total. The monoisotopic (exact) mass is 456 g/mol. The molecule has 4 rings (SSSR count). The molecule has 0 spiro atoms. The molecule has 1 amide bonds. The molecule has 8 heteroatoms. The van der Waals surface area contributed by atoms with E-state index >= 15 is 0 Å². The number of likely N-dealkylation sites (N-methyl/N-ethyl adjacent to an activating group) is 1. The summed E-state index contributed by atoms with van der Waals surface area (Å²) in [4.78, 5) is 32.1. The third-order valence-corrected chi connectivity index (χ3v) is 6.82. The zero-order valence-corrected chi connectivity index (χ0v) is 19.3. The topological polar surface area (TPSA) is 79.6 Å². The molecule has 0 bridgehead atoms. The van der Waals surface area contributed by atoms with E-state index in [9.17, 15) is 14.9 Å². The molecule has 2 aliphatic rings. The fraction of sp³-hybridized carbons (Fsp3) is 0.500. The maximum Gasteiger partial charge on any atom is 0.289 e. The van der Waals surface area contributed by atoms with Crippen LogP contribution in [-0.2, 0) is 4.79 Å². The van der Waals surface area contributed by atoms with Gasteiger partial charge >= 0.3 is 0 Å². The summed E-state index contributed by atoms with van der Waals surface area (Å²) in [6.07, 6.45) is 5.46. The number of carbonyl (C=O) groups is 1. The number of pyridine rings is 1. The number of piperidine rings is 1. The molecule has 1 aliphatic heterocycles. The van der Waals surface area contributed by atoms with E-state index in [0.29, 0.717) is 24.2 Å². The Morgan fingerprint density at radius 3 is 2.66 bits per heavy atom. The highest BCUT2D eigenvalue weighted by Crippen LogP contribution is 2.43. The minimum absolute atomic E-state index is 0.0638. The van der Waals surface area contributed by atoms with Gasteiger partial charge in [0.15, 0.2) is 0 Å². The summed E-state index contributed by atoms with van der Waals surface area (Å²) >= 11 is 6.30. The molecule has 7 nitrogen and oxygen atoms in total. The molecule has 170 valence electrons. The van der Waals surface area contributed by atoms with Gasteiger partial charge in [-0.2, -0.15) is 0 Å². The van der Waals surface area contributed by atoms with Crippen molar-refractivity contribution < 1.29 is 9.72 Å². The van der Waals surface area contributed by atoms with Gasteiger partial charge in [-0.25, -0.2) is 4.98 Å². The van der Waals surface area contributed by atoms with Gasteiger partial charge in [-0.15, -0.1) is 0 Å². The lowest BCUT2D eigenvalue weighted by Crippen LogP contribution is -2.43. The van der Waals surface area contributed by atoms with Gasteiger partial charge in [-0.1, -0.05) is 41.4 Å². The Balaban J connectivity index is 1.42. The van der Waals surface area contributed by atoms with Gasteiger partial charge in [0.25, 0.3) is 5.69 Å². The van der Waals surface area contributed by atoms with Crippen LogP contribution in [0.5, 0.6) is 0 Å². The molecule has 1 aliphatic carbocycles. The Morgan fingerprint density at radius 1 is 1.31 bits per heavy atom. The van der Waals surface area contributed by atoms with Crippen molar-refractivity contribution in [1.82, 2.24) is 9.88 Å². The molecule has 2 fully saturated rings. The fourth-order valence-corrected chi connectivity index (χ4v) is 4.97. The highest BCUT2D eigenvalue weighted by molar-refractivity contribution is 6.33. The van der Waals surface area contributed by atoms with Gasteiger partial charge in [-0.05, 0) is 50.0 Å². The van der Waals surface area contributed by atoms with E-state index in [0.717, 1.165) is 44.3 Å². The largest absolute Gasteiger partial charge is 0.355 e. The number of aryl methyl sites for hydroxylation is 1. The first-order valence-corrected chi connectivity index (χ1v) is 11.6. The molecule has 1 saturated heterocycles. The van der Waals surface area contributed by atoms with E-state index in [1.165, 1.54) is 17.8 Å². The van der Waals surface area contributed by atoms with Crippen LogP contribution in [0.25, 0.3) is 0 Å². The Hall–Kier alpha value is -2.67. The quantitative estimate of drug-likeness (QED) is 0.440. The maximum atomic E-state index is 13.4. The van der Waals surface area contributed by atoms with Gasteiger partial charge < -0.3 is 9.80 Å². The molecule has 0 radical (unpaired) electrons. The number of halogens is 1. The van der Waals surface area contributed by atoms with Crippen LogP contribution in [0.3, 0.4) is 0 Å². The predicted molar refractivity (Wildman–Crippen MR) is 125 cm³/mol. The number of nitrogens with zero attached hydrogens (tertiary/aromatic N) is 4. The van der Waals surface area contributed by atoms with E-state index in [-0.39, 0.29) is 22.5 Å². The summed E-state index contributed by atoms with van der Waals surface area (Å²) in [6, 6.07) is 9.70. The van der Waals surface area contributed by atoms with Crippen LogP contribution in [-0.4, -0.2) is 47.4 Å². The van der Waals surface area contributed by atoms with E-state index in [4.69, 9.17) is 11.6 Å². The first kappa shape index (κ1) is 22.5. The summed E-state index contributed by atoms with van der Waals surface area (Å²) in [5.41, 5.74) is 2.20. The molecule has 1 saturated carbocycles. The van der Waals surface area contributed by atoms with Crippen LogP contribution in [0.4, 0.5) is 11.5 Å². The predicted octanol–water partition coefficient (Wildman–Crippen LogP) is 4.82. The van der Waals surface area contributed by atoms with Crippen molar-refractivity contribution in [3.8, 4) is 0 Å². The fourth-order valence-electron chi connectivity index (χ4n) is 4.69. The third kappa shape index (κ3) is 5.04. The van der Waals surface area contributed by atoms with Crippen molar-refractivity contribution in [2.75, 3.05) is 31.6 Å². The molecule has 2 aromatic rings. The van der Waals surface area contributed by atoms with Crippen molar-refractivity contribution >= 4 is 29.0 Å². The van der Waals surface area contributed by atoms with Crippen LogP contribution in [0.2, 0.25) is 5.02 Å². The van der Waals surface area contributed by atoms with Gasteiger partial charge in [0.2, 0.25) is 5.91 Å². The molecule has 2 heterocycles. The Labute approximate surface area is 193 Å². The number of hydrogen-bond acceptors (Lipinski definition) is 5. The number of benzene rings is 1. The Bertz CT molecular complexity index is 993. The number of aromatic nitrogens is 1. The number of carbonyl (C=O) groups excluding carboxylic acids is 1. The Kier molecular flexibility index (Phi) is 6.65. The number of amides is 1. The van der Waals surface area contributed by atoms with Crippen molar-refractivity contribution in [2.45, 2.75) is 38.5 Å². The average Bonchev–Trinajstić information content (AvgIpc) is 3.60. The summed E-state index contributed by atoms with van der Waals surface area (Å²) in [7, 11) is 1.90. The third-order valence-electron chi connectivity index (χ3n) is 6.54. The first-order chi connectivity index (χ1) is 15.3. The molecular weight excluding hydrogens is 428 g/mol. The molecular formula is C24H29ClN4O3. The van der Waals surface area contributed by atoms with E-state index < -0.39 is 4.92 Å². The van der Waals surface area contributed by atoms with E-state index in [1.807, 2.05) is 11.9 Å². The van der Waals surface area contributed by atoms with Crippen molar-refractivity contribution in [3.05, 3.63) is 62.8 Å². The molecule has 2 atom stereocenters. The van der Waals surface area contributed by atoms with Gasteiger partial charge in [0.05, 0.1) is 15.9 Å². The van der Waals surface area contributed by atoms with E-state index in [2.05, 4.69) is 41.1 Å². The van der Waals surface area contributed by atoms with Crippen LogP contribution < -0.4 is 4.90 Å². The van der Waals surface area contributed by atoms with Gasteiger partial charge in [0, 0.05) is 32.7 Å². The summed E-state index contributed by atoms with van der Waals surface area (Å²) in [5.74, 6) is 1.44. The second-order valence-electron chi connectivity index (χ2n) is 9.15. The Morgan fingerprint density at radius 2 is 2.03 bits per heavy atom. The zero-order valence-electron chi connectivity index (χ0n) is 18.5. The lowest BCUT2D eigenvalue weighted by Gasteiger charge is -2.36. The van der Waals surface area contributed by atoms with E-state index in [1.54, 1.807) is 0 Å². The average molecular weight is 457 g/mol. The van der Waals surface area contributed by atoms with Crippen LogP contribution in [0.15, 0.2) is 36.5 Å². The number of nitro groups is 1. The van der Waals surface area contributed by atoms with Crippen molar-refractivity contribution in [2.24, 2.45) is 11.8 Å². The lowest BCUT2D eigenvalue weighted by atomic mass is 9.91. The zero-order chi connectivity index (χ0) is 22.8. The van der Waals surface area contributed by atoms with Crippen LogP contribution in [0.1, 0.15) is 42.7 Å². The van der Waals surface area contributed by atoms with Gasteiger partial charge in [0.1, 0.15) is 12.0 Å². The minimum Gasteiger partial charge on any atom is -0.355 e. The molecule has 1 aromatic carbocycles. The highest BCUT2D eigenvalue weighted by atomic mass is 35.5. The smallest absolute Gasteiger partial charge is 0.289 e. The first-order valence-electron chi connectivity index (χ1n) is 11.2. The number of hydrogen-bond donors (Lipinski definition) is 0. The second-order valence-corrected chi connectivity index (χ2v) is 9.56. The molecule has 1 aromatic heterocycles. The minimum atomic E-state index is -0.493. The van der Waals surface area contributed by atoms with Crippen molar-refractivity contribution in [1.29, 1.82) is 0 Å². The normalized spacial score (nSPS) is 19.5. The summed E-state index contributed by atoms with van der Waals surface area (Å²) < 4.78 is 0. The van der Waals surface area contributed by atoms with Gasteiger partial charge in [-0.3, -0.25) is 14.9 Å². The number of rotatable bonds is 7. The maximum absolute atomic E-state index is 13.4. The van der Waals surface area contributed by atoms with Crippen LogP contribution >= 0.6 is 11.6 Å². The summed E-state index contributed by atoms with van der Waals surface area (Å²) in [5, 5.41) is 11.2. The number of anilines is 1. The molecule has 2 unspecified atom stereocenters. The second kappa shape index (κ2) is 9.45. The standard InChI is InChI=1S/C24H29ClN4O3/c1-16-5-7-18(8-6-16)22(19-9-10-19)24(30)27(2)14-17-4-3-11-28(15-17)23-21(25)12-20(13-26-23)29(31)32/h5-8,12-13,17,19,22H,3-4,9-11,14-15H2,1-2H3. The SMILES string of the molecule is Cc1ccc(C(C(=O)N(C)CC2CCCN(c3ncc([N+](=O)[O-])cc3Cl)C2)C2CC2)cc1. The van der Waals surface area contributed by atoms with Crippen molar-refractivity contribution in [3.63, 3.8) is 0 Å². The molecule has 32 heavy (non-hydrogen) atoms. The van der Waals surface area contributed by atoms with Crippen LogP contribution in [0, 0.1) is 28.9 Å². The highest BCUT2D eigenvalue weighted by Gasteiger charge is 2.39.